The van der Waals surface area contributed by atoms with Crippen molar-refractivity contribution < 1.29 is 9.53 Å². The van der Waals surface area contributed by atoms with Crippen LogP contribution in [0.25, 0.3) is 280 Å². The Bertz CT molecular complexity index is 7680. The van der Waals surface area contributed by atoms with E-state index >= 15 is 4.79 Å². The van der Waals surface area contributed by atoms with Crippen LogP contribution in [0.5, 0.6) is 0 Å². The molecule has 33 rings (SSSR count). The van der Waals surface area contributed by atoms with E-state index in [4.69, 9.17) is 4.74 Å². The number of rotatable bonds is 5. The number of hydrogen-bond donors (Lipinski definition) is 0. The lowest BCUT2D eigenvalue weighted by Gasteiger charge is -2.50. The van der Waals surface area contributed by atoms with Crippen molar-refractivity contribution in [2.45, 2.75) is 24.2 Å². The van der Waals surface area contributed by atoms with Crippen LogP contribution < -0.4 is 0 Å². The van der Waals surface area contributed by atoms with Gasteiger partial charge in [0.25, 0.3) is 0 Å². The van der Waals surface area contributed by atoms with Gasteiger partial charge in [0.05, 0.1) is 23.5 Å². The third kappa shape index (κ3) is 1.66. The van der Waals surface area contributed by atoms with Crippen molar-refractivity contribution >= 4 is 286 Å². The molecule has 0 amide bonds. The van der Waals surface area contributed by atoms with E-state index in [2.05, 4.69) is 36.4 Å². The van der Waals surface area contributed by atoms with Crippen LogP contribution in [0.1, 0.15) is 45.9 Å². The Morgan fingerprint density at radius 3 is 0.933 bits per heavy atom. The molecule has 3 nitrogen and oxygen atoms in total. The van der Waals surface area contributed by atoms with Crippen molar-refractivity contribution in [2.75, 3.05) is 6.61 Å². The topological polar surface area (TPSA) is 50.1 Å². The Labute approximate surface area is 410 Å². The van der Waals surface area contributed by atoms with Crippen molar-refractivity contribution in [3.63, 3.8) is 0 Å². The van der Waals surface area contributed by atoms with Crippen LogP contribution in [0, 0.1) is 17.2 Å². The minimum Gasteiger partial charge on any atom is -0.465 e. The van der Waals surface area contributed by atoms with E-state index < -0.39 is 16.7 Å². The Hall–Kier alpha value is -9.36. The number of nitrogens with zero attached hydrogens (tertiary/aromatic N) is 1. The fourth-order valence-electron chi connectivity index (χ4n) is 25.6. The monoisotopic (exact) mass is 923 g/mol. The molecule has 0 saturated heterocycles. The Kier molecular flexibility index (Phi) is 2.71. The van der Waals surface area contributed by atoms with Gasteiger partial charge in [0.1, 0.15) is 0 Å². The SMILES string of the molecule is CCOC(=O)C(C#N)C12c3c4c5c6c7c8c9c%10c(c1c1c%11c2c2c%12c3c5c3c5c6c6c7c7c9c9c%13c%10c1c1c%10c%11c%11c2c2c%12c3c3c5c5c6c6c7c9c7c(c%131)c1c%10c%11c9c2c3c2c9c1c7c6c52)C48Cc1ccccc1. The third-order valence-corrected chi connectivity index (χ3v) is 25.9. The van der Waals surface area contributed by atoms with Gasteiger partial charge in [-0.2, -0.15) is 5.26 Å². The van der Waals surface area contributed by atoms with Crippen LogP contribution in [0.15, 0.2) is 30.3 Å². The van der Waals surface area contributed by atoms with E-state index in [1.807, 2.05) is 6.92 Å². The van der Waals surface area contributed by atoms with Gasteiger partial charge in [0.15, 0.2) is 5.92 Å². The minimum absolute atomic E-state index is 0.236. The van der Waals surface area contributed by atoms with E-state index in [0.717, 1.165) is 6.42 Å². The Morgan fingerprint density at radius 2 is 0.600 bits per heavy atom. The predicted octanol–water partition coefficient (Wildman–Crippen LogP) is 17.9. The first kappa shape index (κ1) is 29.4. The molecule has 5 aliphatic rings. The molecule has 3 heteroatoms. The second-order valence-corrected chi connectivity index (χ2v) is 26.4. The van der Waals surface area contributed by atoms with Gasteiger partial charge in [-0.05, 0) is 332 Å². The molecule has 0 bridgehead atoms. The zero-order chi connectivity index (χ0) is 45.6. The van der Waals surface area contributed by atoms with Gasteiger partial charge in [0.2, 0.25) is 0 Å². The van der Waals surface area contributed by atoms with Crippen LogP contribution in [0.4, 0.5) is 0 Å². The van der Waals surface area contributed by atoms with Crippen LogP contribution in [0.3, 0.4) is 0 Å². The first-order valence-corrected chi connectivity index (χ1v) is 27.6. The second-order valence-electron chi connectivity index (χ2n) is 26.4. The standard InChI is InChI=1S/C72H13NO2/c1-2-75-70(74)11(9-73)72-65-57-48-41-28-21-15-14-16-12-13-17(15)26(28)32-30-19(13)22-18(12)29-31-25(16)27-20(14)23-24(21)35-42-34(23)43-40(27)47-45(31)49-36(29)38-33(22)39-37(30)50(46(32)48)61(65)63-52(39)51(38)62-60(49)64-56(47)53(43)58-55(42)59(54(57)44(35)41)68(72)66(58)71(64,67(62)69(63)72)8-10-6-4-3-5-7-10/h3-7,11H,2,8H2,1H3. The van der Waals surface area contributed by atoms with Crippen molar-refractivity contribution in [3.05, 3.63) is 69.3 Å². The van der Waals surface area contributed by atoms with Gasteiger partial charge in [-0.25, -0.2) is 0 Å². The normalized spacial score (nSPS) is 21.3. The van der Waals surface area contributed by atoms with E-state index in [0.29, 0.717) is 0 Å². The van der Waals surface area contributed by atoms with Crippen molar-refractivity contribution in [2.24, 2.45) is 5.92 Å². The van der Waals surface area contributed by atoms with Crippen LogP contribution >= 0.6 is 0 Å². The maximum Gasteiger partial charge on any atom is 0.324 e. The number of benzene rings is 18. The summed E-state index contributed by atoms with van der Waals surface area (Å²) in [6.07, 6.45) is 0.832. The smallest absolute Gasteiger partial charge is 0.324 e. The molecule has 0 aliphatic heterocycles. The molecule has 3 atom stereocenters. The summed E-state index contributed by atoms with van der Waals surface area (Å²) in [5.41, 5.74) is 8.09. The fourth-order valence-corrected chi connectivity index (χ4v) is 25.6. The van der Waals surface area contributed by atoms with Crippen molar-refractivity contribution in [1.82, 2.24) is 0 Å². The molecular formula is C72H13NO2. The quantitative estimate of drug-likeness (QED) is 0.128. The molecule has 0 fully saturated rings. The lowest BCUT2D eigenvalue weighted by Crippen LogP contribution is -2.49. The number of carbonyl (C=O) groups excluding carboxylic acids is 1. The van der Waals surface area contributed by atoms with Gasteiger partial charge in [-0.1, -0.05) is 30.3 Å². The highest BCUT2D eigenvalue weighted by molar-refractivity contribution is 6.81. The zero-order valence-electron chi connectivity index (χ0n) is 38.6. The molecule has 3 unspecified atom stereocenters. The molecule has 75 heavy (non-hydrogen) atoms. The highest BCUT2D eigenvalue weighted by Crippen LogP contribution is 2.85. The summed E-state index contributed by atoms with van der Waals surface area (Å²) in [5, 5.41) is 91.4. The number of esters is 1. The molecule has 0 saturated carbocycles. The van der Waals surface area contributed by atoms with Crippen LogP contribution in [-0.4, -0.2) is 12.6 Å². The van der Waals surface area contributed by atoms with Crippen LogP contribution in [0.2, 0.25) is 0 Å². The molecule has 0 aromatic heterocycles. The number of carbonyl (C=O) groups is 1. The molecule has 0 radical (unpaired) electrons. The summed E-state index contributed by atoms with van der Waals surface area (Å²) in [6, 6.07) is 14.5. The van der Waals surface area contributed by atoms with Gasteiger partial charge >= 0.3 is 5.97 Å². The molecule has 28 aromatic rings. The Balaban J connectivity index is 1.15. The first-order valence-electron chi connectivity index (χ1n) is 27.6. The Morgan fingerprint density at radius 1 is 0.360 bits per heavy atom. The number of nitriles is 1. The summed E-state index contributed by atoms with van der Waals surface area (Å²) >= 11 is 0. The fraction of sp³-hybridized carbons (Fsp3) is 0.0833. The lowest BCUT2D eigenvalue weighted by molar-refractivity contribution is -0.147. The second kappa shape index (κ2) is 6.91. The highest BCUT2D eigenvalue weighted by atomic mass is 16.5. The summed E-state index contributed by atoms with van der Waals surface area (Å²) in [6.45, 7) is 2.17. The summed E-state index contributed by atoms with van der Waals surface area (Å²) < 4.78 is 6.40. The molecule has 0 N–H and O–H groups in total. The maximum absolute atomic E-state index is 15.9. The molecular weight excluding hydrogens is 911 g/mol. The lowest BCUT2D eigenvalue weighted by atomic mass is 9.50. The molecule has 0 heterocycles. The molecule has 5 aliphatic carbocycles. The highest BCUT2D eigenvalue weighted by Gasteiger charge is 2.69. The first-order chi connectivity index (χ1) is 37.2. The van der Waals surface area contributed by atoms with Gasteiger partial charge < -0.3 is 4.74 Å². The van der Waals surface area contributed by atoms with E-state index in [-0.39, 0.29) is 12.6 Å². The molecule has 28 aromatic carbocycles. The van der Waals surface area contributed by atoms with Crippen LogP contribution in [-0.2, 0) is 26.8 Å². The molecule has 318 valence electrons. The average Bonchev–Trinajstić information content (AvgIpc) is 3.73. The van der Waals surface area contributed by atoms with E-state index in [1.54, 1.807) is 129 Å². The number of hydrogen-bond acceptors (Lipinski definition) is 3. The maximum atomic E-state index is 15.9. The zero-order valence-corrected chi connectivity index (χ0v) is 38.6. The van der Waals surface area contributed by atoms with Gasteiger partial charge in [-0.15, -0.1) is 0 Å². The summed E-state index contributed by atoms with van der Waals surface area (Å²) in [5.74, 6) is -1.45. The minimum atomic E-state index is -1.09. The van der Waals surface area contributed by atoms with Gasteiger partial charge in [0, 0.05) is 0 Å². The summed E-state index contributed by atoms with van der Waals surface area (Å²) in [4.78, 5) is 15.9. The average molecular weight is 924 g/mol. The molecule has 0 spiro atoms. The van der Waals surface area contributed by atoms with Gasteiger partial charge in [-0.3, -0.25) is 4.79 Å². The van der Waals surface area contributed by atoms with Crippen molar-refractivity contribution in [1.29, 1.82) is 5.26 Å². The third-order valence-electron chi connectivity index (χ3n) is 25.9. The van der Waals surface area contributed by atoms with Crippen molar-refractivity contribution in [3.8, 4) is 6.07 Å². The van der Waals surface area contributed by atoms with E-state index in [9.17, 15) is 5.26 Å². The largest absolute Gasteiger partial charge is 0.465 e. The number of ether oxygens (including phenoxy) is 1. The predicted molar refractivity (Wildman–Crippen MR) is 308 cm³/mol. The van der Waals surface area contributed by atoms with E-state index in [1.165, 1.54) is 190 Å². The summed E-state index contributed by atoms with van der Waals surface area (Å²) in [7, 11) is 0.